The molecule has 4 rings (SSSR count). The van der Waals surface area contributed by atoms with Gasteiger partial charge in [0.05, 0.1) is 16.6 Å². The molecule has 0 radical (unpaired) electrons. The van der Waals surface area contributed by atoms with Crippen LogP contribution >= 0.6 is 0 Å². The quantitative estimate of drug-likeness (QED) is 0.561. The summed E-state index contributed by atoms with van der Waals surface area (Å²) in [4.78, 5) is 21.0. The highest BCUT2D eigenvalue weighted by atomic mass is 16.1. The Morgan fingerprint density at radius 3 is 2.68 bits per heavy atom. The van der Waals surface area contributed by atoms with E-state index in [9.17, 15) is 4.79 Å². The Balaban J connectivity index is 1.67. The molecule has 2 aromatic heterocycles. The molecule has 1 aliphatic heterocycles. The van der Waals surface area contributed by atoms with Gasteiger partial charge in [-0.3, -0.25) is 9.89 Å². The number of benzene rings is 1. The molecule has 0 spiro atoms. The SMILES string of the molecule is Cc1[nH]nc(-c2nc3ccc(C(C)(C)C)cc3[nH]2)c1C(=O)NC1CCNCC1. The van der Waals surface area contributed by atoms with Gasteiger partial charge in [-0.15, -0.1) is 0 Å². The highest BCUT2D eigenvalue weighted by Gasteiger charge is 2.25. The maximum absolute atomic E-state index is 13.0. The number of carbonyl (C=O) groups excluding carboxylic acids is 1. The molecule has 7 nitrogen and oxygen atoms in total. The van der Waals surface area contributed by atoms with Crippen LogP contribution in [0.25, 0.3) is 22.6 Å². The number of aromatic amines is 2. The zero-order chi connectivity index (χ0) is 19.9. The summed E-state index contributed by atoms with van der Waals surface area (Å²) in [5.74, 6) is 0.518. The van der Waals surface area contributed by atoms with Crippen molar-refractivity contribution in [3.63, 3.8) is 0 Å². The molecule has 0 aliphatic carbocycles. The number of carbonyl (C=O) groups is 1. The van der Waals surface area contributed by atoms with Gasteiger partial charge in [0.15, 0.2) is 5.82 Å². The summed E-state index contributed by atoms with van der Waals surface area (Å²) < 4.78 is 0. The van der Waals surface area contributed by atoms with Gasteiger partial charge in [-0.25, -0.2) is 4.98 Å². The van der Waals surface area contributed by atoms with Gasteiger partial charge in [-0.05, 0) is 56.0 Å². The van der Waals surface area contributed by atoms with Crippen LogP contribution in [0.2, 0.25) is 0 Å². The second-order valence-electron chi connectivity index (χ2n) is 8.64. The maximum atomic E-state index is 13.0. The van der Waals surface area contributed by atoms with Crippen molar-refractivity contribution in [1.82, 2.24) is 30.8 Å². The predicted octanol–water partition coefficient (Wildman–Crippen LogP) is 3.04. The predicted molar refractivity (Wildman–Crippen MR) is 110 cm³/mol. The van der Waals surface area contributed by atoms with E-state index in [-0.39, 0.29) is 17.4 Å². The van der Waals surface area contributed by atoms with Gasteiger partial charge in [0.1, 0.15) is 5.69 Å². The topological polar surface area (TPSA) is 98.5 Å². The van der Waals surface area contributed by atoms with E-state index in [1.807, 2.05) is 13.0 Å². The molecular weight excluding hydrogens is 352 g/mol. The molecule has 0 unspecified atom stereocenters. The van der Waals surface area contributed by atoms with Crippen LogP contribution in [0.15, 0.2) is 18.2 Å². The number of nitrogens with one attached hydrogen (secondary N) is 4. The van der Waals surface area contributed by atoms with Gasteiger partial charge in [0.25, 0.3) is 5.91 Å². The Morgan fingerprint density at radius 1 is 1.21 bits per heavy atom. The first-order chi connectivity index (χ1) is 13.3. The van der Waals surface area contributed by atoms with Crippen LogP contribution in [0.1, 0.15) is 55.2 Å². The van der Waals surface area contributed by atoms with Crippen molar-refractivity contribution in [2.24, 2.45) is 0 Å². The van der Waals surface area contributed by atoms with Crippen LogP contribution in [0.4, 0.5) is 0 Å². The summed E-state index contributed by atoms with van der Waals surface area (Å²) >= 11 is 0. The monoisotopic (exact) mass is 380 g/mol. The number of amides is 1. The van der Waals surface area contributed by atoms with E-state index in [0.717, 1.165) is 42.7 Å². The summed E-state index contributed by atoms with van der Waals surface area (Å²) in [5, 5.41) is 13.8. The molecule has 1 saturated heterocycles. The molecule has 1 aliphatic rings. The van der Waals surface area contributed by atoms with Crippen molar-refractivity contribution in [3.05, 3.63) is 35.0 Å². The number of nitrogens with zero attached hydrogens (tertiary/aromatic N) is 2. The lowest BCUT2D eigenvalue weighted by molar-refractivity contribution is 0.0929. The van der Waals surface area contributed by atoms with Crippen molar-refractivity contribution in [3.8, 4) is 11.5 Å². The average molecular weight is 380 g/mol. The number of H-pyrrole nitrogens is 2. The number of rotatable bonds is 3. The fourth-order valence-corrected chi connectivity index (χ4v) is 3.69. The number of aromatic nitrogens is 4. The normalized spacial score (nSPS) is 15.9. The third-order valence-corrected chi connectivity index (χ3v) is 5.42. The molecule has 0 bridgehead atoms. The number of fused-ring (bicyclic) bond motifs is 1. The molecular formula is C21H28N6O. The Hall–Kier alpha value is -2.67. The number of imidazole rings is 1. The first-order valence-electron chi connectivity index (χ1n) is 9.90. The van der Waals surface area contributed by atoms with E-state index in [2.05, 4.69) is 63.7 Å². The number of hydrogen-bond donors (Lipinski definition) is 4. The minimum absolute atomic E-state index is 0.0578. The van der Waals surface area contributed by atoms with E-state index in [1.165, 1.54) is 5.56 Å². The lowest BCUT2D eigenvalue weighted by atomic mass is 9.87. The molecule has 0 atom stereocenters. The standard InChI is InChI=1S/C21H28N6O/c1-12-17(20(28)23-14-7-9-22-10-8-14)18(27-26-12)19-24-15-6-5-13(21(2,3)4)11-16(15)25-19/h5-6,11,14,22H,7-10H2,1-4H3,(H,23,28)(H,24,25)(H,26,27). The Kier molecular flexibility index (Phi) is 4.71. The number of piperidine rings is 1. The Bertz CT molecular complexity index is 1000. The summed E-state index contributed by atoms with van der Waals surface area (Å²) in [6.45, 7) is 10.3. The second kappa shape index (κ2) is 7.05. The van der Waals surface area contributed by atoms with Crippen LogP contribution in [-0.4, -0.2) is 45.2 Å². The van der Waals surface area contributed by atoms with E-state index >= 15 is 0 Å². The smallest absolute Gasteiger partial charge is 0.255 e. The zero-order valence-corrected chi connectivity index (χ0v) is 16.9. The van der Waals surface area contributed by atoms with Crippen LogP contribution in [-0.2, 0) is 5.41 Å². The van der Waals surface area contributed by atoms with Gasteiger partial charge in [0, 0.05) is 11.7 Å². The summed E-state index contributed by atoms with van der Waals surface area (Å²) in [6, 6.07) is 6.44. The number of aryl methyl sites for hydroxylation is 1. The third kappa shape index (κ3) is 3.54. The highest BCUT2D eigenvalue weighted by Crippen LogP contribution is 2.28. The van der Waals surface area contributed by atoms with Gasteiger partial charge >= 0.3 is 0 Å². The lowest BCUT2D eigenvalue weighted by Crippen LogP contribution is -2.42. The molecule has 3 aromatic rings. The lowest BCUT2D eigenvalue weighted by Gasteiger charge is -2.23. The Labute approximate surface area is 164 Å². The minimum Gasteiger partial charge on any atom is -0.349 e. The van der Waals surface area contributed by atoms with Crippen molar-refractivity contribution in [2.75, 3.05) is 13.1 Å². The van der Waals surface area contributed by atoms with Crippen molar-refractivity contribution >= 4 is 16.9 Å². The Morgan fingerprint density at radius 2 is 1.96 bits per heavy atom. The van der Waals surface area contributed by atoms with E-state index in [1.54, 1.807) is 0 Å². The fraction of sp³-hybridized carbons (Fsp3) is 0.476. The third-order valence-electron chi connectivity index (χ3n) is 5.42. The first-order valence-corrected chi connectivity index (χ1v) is 9.90. The molecule has 1 amide bonds. The zero-order valence-electron chi connectivity index (χ0n) is 16.9. The second-order valence-corrected chi connectivity index (χ2v) is 8.64. The highest BCUT2D eigenvalue weighted by molar-refractivity contribution is 6.01. The van der Waals surface area contributed by atoms with Gasteiger partial charge < -0.3 is 15.6 Å². The molecule has 3 heterocycles. The molecule has 1 aromatic carbocycles. The molecule has 28 heavy (non-hydrogen) atoms. The summed E-state index contributed by atoms with van der Waals surface area (Å²) in [7, 11) is 0. The van der Waals surface area contributed by atoms with Crippen LogP contribution < -0.4 is 10.6 Å². The molecule has 7 heteroatoms. The first kappa shape index (κ1) is 18.7. The molecule has 0 saturated carbocycles. The fourth-order valence-electron chi connectivity index (χ4n) is 3.69. The van der Waals surface area contributed by atoms with Crippen LogP contribution in [0.3, 0.4) is 0 Å². The average Bonchev–Trinajstić information content (AvgIpc) is 3.24. The van der Waals surface area contributed by atoms with Gasteiger partial charge in [0.2, 0.25) is 0 Å². The van der Waals surface area contributed by atoms with E-state index < -0.39 is 0 Å². The van der Waals surface area contributed by atoms with Crippen molar-refractivity contribution in [1.29, 1.82) is 0 Å². The molecule has 148 valence electrons. The summed E-state index contributed by atoms with van der Waals surface area (Å²) in [6.07, 6.45) is 1.89. The van der Waals surface area contributed by atoms with E-state index in [4.69, 9.17) is 0 Å². The summed E-state index contributed by atoms with van der Waals surface area (Å²) in [5.41, 5.74) is 4.99. The molecule has 4 N–H and O–H groups in total. The molecule has 1 fully saturated rings. The largest absolute Gasteiger partial charge is 0.349 e. The van der Waals surface area contributed by atoms with Crippen LogP contribution in [0.5, 0.6) is 0 Å². The van der Waals surface area contributed by atoms with Gasteiger partial charge in [-0.2, -0.15) is 5.10 Å². The van der Waals surface area contributed by atoms with Gasteiger partial charge in [-0.1, -0.05) is 26.8 Å². The maximum Gasteiger partial charge on any atom is 0.255 e. The van der Waals surface area contributed by atoms with Crippen molar-refractivity contribution in [2.45, 2.75) is 52.0 Å². The van der Waals surface area contributed by atoms with Crippen LogP contribution in [0, 0.1) is 6.92 Å². The number of hydrogen-bond acceptors (Lipinski definition) is 4. The van der Waals surface area contributed by atoms with E-state index in [0.29, 0.717) is 17.1 Å². The van der Waals surface area contributed by atoms with Crippen molar-refractivity contribution < 1.29 is 4.79 Å². The minimum atomic E-state index is -0.0935.